The molecular formula is C24H19Br2N3O4. The van der Waals surface area contributed by atoms with Gasteiger partial charge in [0.25, 0.3) is 11.8 Å². The van der Waals surface area contributed by atoms with Gasteiger partial charge in [-0.1, -0.05) is 55.6 Å². The maximum Gasteiger partial charge on any atom is 0.343 e. The summed E-state index contributed by atoms with van der Waals surface area (Å²) in [6.45, 7) is 1.63. The maximum absolute atomic E-state index is 12.5. The molecule has 0 unspecified atom stereocenters. The first-order valence-corrected chi connectivity index (χ1v) is 11.3. The van der Waals surface area contributed by atoms with Crippen LogP contribution in [-0.2, 0) is 4.79 Å². The van der Waals surface area contributed by atoms with Crippen molar-refractivity contribution >= 4 is 55.9 Å². The number of hydrogen-bond donors (Lipinski definition) is 2. The molecule has 3 rings (SSSR count). The van der Waals surface area contributed by atoms with Crippen LogP contribution in [0.15, 0.2) is 80.8 Å². The monoisotopic (exact) mass is 571 g/mol. The summed E-state index contributed by atoms with van der Waals surface area (Å²) in [5.74, 6) is -1.11. The van der Waals surface area contributed by atoms with E-state index in [1.54, 1.807) is 60.7 Å². The van der Waals surface area contributed by atoms with E-state index in [2.05, 4.69) is 47.7 Å². The molecule has 2 N–H and O–H groups in total. The lowest BCUT2D eigenvalue weighted by Crippen LogP contribution is -2.34. The van der Waals surface area contributed by atoms with Crippen LogP contribution in [0, 0.1) is 6.92 Å². The molecule has 0 aliphatic heterocycles. The number of carbonyl (C=O) groups excluding carboxylic acids is 3. The molecule has 0 aliphatic rings. The van der Waals surface area contributed by atoms with Gasteiger partial charge in [-0.2, -0.15) is 5.10 Å². The fourth-order valence-corrected chi connectivity index (χ4v) is 3.53. The van der Waals surface area contributed by atoms with Gasteiger partial charge in [0.1, 0.15) is 5.75 Å². The number of halogens is 2. The van der Waals surface area contributed by atoms with Crippen LogP contribution in [0.3, 0.4) is 0 Å². The molecule has 33 heavy (non-hydrogen) atoms. The second-order valence-electron chi connectivity index (χ2n) is 6.93. The predicted octanol–water partition coefficient (Wildman–Crippen LogP) is 4.62. The smallest absolute Gasteiger partial charge is 0.343 e. The van der Waals surface area contributed by atoms with Crippen LogP contribution in [0.5, 0.6) is 5.75 Å². The maximum atomic E-state index is 12.5. The largest absolute Gasteiger partial charge is 0.422 e. The molecule has 0 radical (unpaired) electrons. The second-order valence-corrected chi connectivity index (χ2v) is 8.76. The van der Waals surface area contributed by atoms with E-state index in [0.29, 0.717) is 16.7 Å². The zero-order chi connectivity index (χ0) is 23.8. The van der Waals surface area contributed by atoms with E-state index in [-0.39, 0.29) is 18.2 Å². The first kappa shape index (κ1) is 24.3. The van der Waals surface area contributed by atoms with Gasteiger partial charge in [0.2, 0.25) is 0 Å². The zero-order valence-electron chi connectivity index (χ0n) is 17.5. The predicted molar refractivity (Wildman–Crippen MR) is 132 cm³/mol. The summed E-state index contributed by atoms with van der Waals surface area (Å²) in [5.41, 5.74) is 4.61. The van der Waals surface area contributed by atoms with Gasteiger partial charge in [-0.3, -0.25) is 9.59 Å². The molecule has 7 nitrogen and oxygen atoms in total. The molecule has 0 atom stereocenters. The highest BCUT2D eigenvalue weighted by Gasteiger charge is 2.12. The van der Waals surface area contributed by atoms with Crippen LogP contribution in [0.2, 0.25) is 0 Å². The van der Waals surface area contributed by atoms with Crippen molar-refractivity contribution in [2.24, 2.45) is 5.10 Å². The molecule has 168 valence electrons. The number of carbonyl (C=O) groups is 3. The Morgan fingerprint density at radius 3 is 2.42 bits per heavy atom. The Labute approximate surface area is 207 Å². The summed E-state index contributed by atoms with van der Waals surface area (Å²) >= 11 is 6.66. The fraction of sp³-hybridized carbons (Fsp3) is 0.0833. The van der Waals surface area contributed by atoms with Crippen molar-refractivity contribution in [1.82, 2.24) is 10.7 Å². The number of benzene rings is 3. The molecule has 0 fully saturated rings. The number of hydrogen-bond acceptors (Lipinski definition) is 5. The minimum Gasteiger partial charge on any atom is -0.422 e. The second kappa shape index (κ2) is 11.5. The molecule has 0 aliphatic carbocycles. The van der Waals surface area contributed by atoms with Gasteiger partial charge in [0.05, 0.1) is 18.3 Å². The van der Waals surface area contributed by atoms with Crippen molar-refractivity contribution in [2.45, 2.75) is 6.92 Å². The molecular weight excluding hydrogens is 554 g/mol. The third kappa shape index (κ3) is 7.37. The molecule has 0 bridgehead atoms. The van der Waals surface area contributed by atoms with Crippen molar-refractivity contribution < 1.29 is 19.1 Å². The topological polar surface area (TPSA) is 96.9 Å². The van der Waals surface area contributed by atoms with E-state index in [1.807, 2.05) is 13.0 Å². The van der Waals surface area contributed by atoms with Gasteiger partial charge in [0.15, 0.2) is 0 Å². The number of rotatable bonds is 7. The molecule has 0 saturated heterocycles. The van der Waals surface area contributed by atoms with Crippen LogP contribution in [0.25, 0.3) is 0 Å². The number of nitrogens with one attached hydrogen (secondary N) is 2. The molecule has 0 saturated carbocycles. The highest BCUT2D eigenvalue weighted by atomic mass is 79.9. The van der Waals surface area contributed by atoms with Gasteiger partial charge in [-0.15, -0.1) is 0 Å². The lowest BCUT2D eigenvalue weighted by Gasteiger charge is -2.08. The Morgan fingerprint density at radius 2 is 1.67 bits per heavy atom. The molecule has 2 amide bonds. The molecule has 0 spiro atoms. The number of nitrogens with zero attached hydrogens (tertiary/aromatic N) is 1. The number of amides is 2. The molecule has 3 aromatic rings. The minimum absolute atomic E-state index is 0.254. The molecule has 0 heterocycles. The quantitative estimate of drug-likeness (QED) is 0.187. The number of hydrazone groups is 1. The van der Waals surface area contributed by atoms with Gasteiger partial charge in [-0.25, -0.2) is 10.2 Å². The van der Waals surface area contributed by atoms with E-state index in [9.17, 15) is 14.4 Å². The van der Waals surface area contributed by atoms with Crippen LogP contribution in [-0.4, -0.2) is 30.5 Å². The van der Waals surface area contributed by atoms with E-state index in [4.69, 9.17) is 4.74 Å². The Hall–Kier alpha value is -3.30. The lowest BCUT2D eigenvalue weighted by molar-refractivity contribution is -0.120. The third-order valence-corrected chi connectivity index (χ3v) is 5.30. The van der Waals surface area contributed by atoms with Crippen LogP contribution in [0.1, 0.15) is 31.8 Å². The van der Waals surface area contributed by atoms with Crippen molar-refractivity contribution in [3.63, 3.8) is 0 Å². The number of ether oxygens (including phenoxy) is 1. The fourth-order valence-electron chi connectivity index (χ4n) is 2.75. The third-order valence-electron chi connectivity index (χ3n) is 4.32. The van der Waals surface area contributed by atoms with Crippen molar-refractivity contribution in [3.8, 4) is 5.75 Å². The number of esters is 1. The van der Waals surface area contributed by atoms with E-state index in [0.717, 1.165) is 14.5 Å². The highest BCUT2D eigenvalue weighted by molar-refractivity contribution is 9.10. The van der Waals surface area contributed by atoms with Crippen molar-refractivity contribution in [3.05, 3.63) is 97.9 Å². The standard InChI is InChI=1S/C24H19Br2N3O4/c1-15-4-2-6-17(10-15)24(32)33-21-9-8-20(26)12-18(21)13-28-29-22(30)14-27-23(31)16-5-3-7-19(25)11-16/h2-13H,14H2,1H3,(H,27,31)(H,29,30)/b28-13-. The van der Waals surface area contributed by atoms with Crippen LogP contribution in [0.4, 0.5) is 0 Å². The van der Waals surface area contributed by atoms with E-state index < -0.39 is 11.9 Å². The van der Waals surface area contributed by atoms with Gasteiger partial charge in [-0.05, 0) is 55.5 Å². The van der Waals surface area contributed by atoms with Crippen molar-refractivity contribution in [1.29, 1.82) is 0 Å². The Bertz CT molecular complexity index is 1230. The summed E-state index contributed by atoms with van der Waals surface area (Å²) < 4.78 is 7.02. The van der Waals surface area contributed by atoms with Gasteiger partial charge < -0.3 is 10.1 Å². The van der Waals surface area contributed by atoms with Crippen LogP contribution >= 0.6 is 31.9 Å². The van der Waals surface area contributed by atoms with E-state index >= 15 is 0 Å². The minimum atomic E-state index is -0.511. The number of aryl methyl sites for hydroxylation is 1. The highest BCUT2D eigenvalue weighted by Crippen LogP contribution is 2.23. The summed E-state index contributed by atoms with van der Waals surface area (Å²) in [6, 6.07) is 18.9. The molecule has 9 heteroatoms. The van der Waals surface area contributed by atoms with Gasteiger partial charge >= 0.3 is 5.97 Å². The average Bonchev–Trinajstić information content (AvgIpc) is 2.79. The normalized spacial score (nSPS) is 10.6. The van der Waals surface area contributed by atoms with Crippen molar-refractivity contribution in [2.75, 3.05) is 6.54 Å². The average molecular weight is 573 g/mol. The Kier molecular flexibility index (Phi) is 8.51. The van der Waals surface area contributed by atoms with Crippen LogP contribution < -0.4 is 15.5 Å². The first-order chi connectivity index (χ1) is 15.8. The Morgan fingerprint density at radius 1 is 0.939 bits per heavy atom. The zero-order valence-corrected chi connectivity index (χ0v) is 20.6. The molecule has 3 aromatic carbocycles. The summed E-state index contributed by atoms with van der Waals surface area (Å²) in [4.78, 5) is 36.6. The summed E-state index contributed by atoms with van der Waals surface area (Å²) in [5, 5.41) is 6.43. The Balaban J connectivity index is 1.60. The lowest BCUT2D eigenvalue weighted by atomic mass is 10.1. The SMILES string of the molecule is Cc1cccc(C(=O)Oc2ccc(Br)cc2/C=N\NC(=O)CNC(=O)c2cccc(Br)c2)c1. The van der Waals surface area contributed by atoms with Gasteiger partial charge in [0, 0.05) is 20.1 Å². The molecule has 0 aromatic heterocycles. The first-order valence-electron chi connectivity index (χ1n) is 9.76. The summed E-state index contributed by atoms with van der Waals surface area (Å²) in [7, 11) is 0. The van der Waals surface area contributed by atoms with E-state index in [1.165, 1.54) is 6.21 Å². The summed E-state index contributed by atoms with van der Waals surface area (Å²) in [6.07, 6.45) is 1.36.